The van der Waals surface area contributed by atoms with Crippen LogP contribution in [0.2, 0.25) is 0 Å². The first kappa shape index (κ1) is 11.7. The maximum Gasteiger partial charge on any atom is 0.314 e. The number of aliphatic hydroxyl groups is 1. The van der Waals surface area contributed by atoms with Crippen LogP contribution in [0.4, 0.5) is 4.79 Å². The van der Waals surface area contributed by atoms with Gasteiger partial charge in [-0.3, -0.25) is 0 Å². The standard InChI is InChI=1S/C11H21N3O2/c12-11(16)14-3-1-9(2-4-14)13-7-8-5-10(15)6-8/h8-10,13,15H,1-7H2,(H2,12,16). The summed E-state index contributed by atoms with van der Waals surface area (Å²) in [5, 5.41) is 12.7. The molecular weight excluding hydrogens is 206 g/mol. The molecule has 0 aromatic carbocycles. The van der Waals surface area contributed by atoms with Crippen molar-refractivity contribution in [2.75, 3.05) is 19.6 Å². The molecule has 0 spiro atoms. The molecule has 0 aromatic heterocycles. The zero-order chi connectivity index (χ0) is 11.5. The molecule has 5 heteroatoms. The van der Waals surface area contributed by atoms with Crippen molar-refractivity contribution in [3.8, 4) is 0 Å². The fraction of sp³-hybridized carbons (Fsp3) is 0.909. The number of piperidine rings is 1. The van der Waals surface area contributed by atoms with Gasteiger partial charge in [-0.05, 0) is 38.1 Å². The fourth-order valence-electron chi connectivity index (χ4n) is 2.50. The second kappa shape index (κ2) is 5.01. The number of hydrogen-bond donors (Lipinski definition) is 3. The van der Waals surface area contributed by atoms with Crippen molar-refractivity contribution < 1.29 is 9.90 Å². The molecule has 4 N–H and O–H groups in total. The number of nitrogens with two attached hydrogens (primary N) is 1. The summed E-state index contributed by atoms with van der Waals surface area (Å²) in [4.78, 5) is 12.6. The number of carbonyl (C=O) groups excluding carboxylic acids is 1. The van der Waals surface area contributed by atoms with Crippen molar-refractivity contribution in [2.45, 2.75) is 37.8 Å². The Morgan fingerprint density at radius 2 is 2.00 bits per heavy atom. The van der Waals surface area contributed by atoms with Gasteiger partial charge >= 0.3 is 6.03 Å². The molecule has 2 aliphatic rings. The van der Waals surface area contributed by atoms with Gasteiger partial charge in [0.25, 0.3) is 0 Å². The Balaban J connectivity index is 1.60. The molecule has 92 valence electrons. The van der Waals surface area contributed by atoms with E-state index in [2.05, 4.69) is 5.32 Å². The molecule has 0 bridgehead atoms. The first-order valence-corrected chi connectivity index (χ1v) is 6.11. The van der Waals surface area contributed by atoms with Crippen molar-refractivity contribution in [2.24, 2.45) is 11.7 Å². The lowest BCUT2D eigenvalue weighted by Crippen LogP contribution is -2.48. The topological polar surface area (TPSA) is 78.6 Å². The Labute approximate surface area is 96.0 Å². The van der Waals surface area contributed by atoms with E-state index in [4.69, 9.17) is 10.8 Å². The summed E-state index contributed by atoms with van der Waals surface area (Å²) in [6.45, 7) is 2.53. The normalized spacial score (nSPS) is 31.2. The van der Waals surface area contributed by atoms with E-state index in [1.54, 1.807) is 4.90 Å². The number of amides is 2. The van der Waals surface area contributed by atoms with Crippen LogP contribution in [0.15, 0.2) is 0 Å². The molecule has 2 rings (SSSR count). The molecule has 1 aliphatic carbocycles. The van der Waals surface area contributed by atoms with Gasteiger partial charge in [-0.2, -0.15) is 0 Å². The summed E-state index contributed by atoms with van der Waals surface area (Å²) in [5.74, 6) is 0.643. The predicted octanol–water partition coefficient (Wildman–Crippen LogP) is -0.110. The molecule has 2 amide bonds. The summed E-state index contributed by atoms with van der Waals surface area (Å²) >= 11 is 0. The molecule has 1 saturated heterocycles. The lowest BCUT2D eigenvalue weighted by molar-refractivity contribution is 0.0408. The quantitative estimate of drug-likeness (QED) is 0.629. The molecule has 0 unspecified atom stereocenters. The maximum atomic E-state index is 10.9. The Morgan fingerprint density at radius 1 is 1.38 bits per heavy atom. The molecule has 0 aromatic rings. The van der Waals surface area contributed by atoms with Gasteiger partial charge in [0.05, 0.1) is 6.10 Å². The minimum Gasteiger partial charge on any atom is -0.393 e. The monoisotopic (exact) mass is 227 g/mol. The van der Waals surface area contributed by atoms with E-state index in [9.17, 15) is 4.79 Å². The van der Waals surface area contributed by atoms with E-state index in [-0.39, 0.29) is 12.1 Å². The smallest absolute Gasteiger partial charge is 0.314 e. The van der Waals surface area contributed by atoms with E-state index < -0.39 is 0 Å². The number of aliphatic hydroxyl groups excluding tert-OH is 1. The van der Waals surface area contributed by atoms with E-state index in [0.29, 0.717) is 12.0 Å². The van der Waals surface area contributed by atoms with Crippen molar-refractivity contribution in [3.05, 3.63) is 0 Å². The second-order valence-corrected chi connectivity index (χ2v) is 5.00. The molecule has 0 radical (unpaired) electrons. The van der Waals surface area contributed by atoms with Gasteiger partial charge in [0.2, 0.25) is 0 Å². The van der Waals surface area contributed by atoms with Crippen molar-refractivity contribution in [1.29, 1.82) is 0 Å². The number of nitrogens with zero attached hydrogens (tertiary/aromatic N) is 1. The molecule has 1 saturated carbocycles. The summed E-state index contributed by atoms with van der Waals surface area (Å²) < 4.78 is 0. The molecule has 5 nitrogen and oxygen atoms in total. The van der Waals surface area contributed by atoms with Crippen molar-refractivity contribution in [3.63, 3.8) is 0 Å². The third-order valence-electron chi connectivity index (χ3n) is 3.71. The number of nitrogens with one attached hydrogen (secondary N) is 1. The number of likely N-dealkylation sites (tertiary alicyclic amines) is 1. The van der Waals surface area contributed by atoms with Gasteiger partial charge in [-0.1, -0.05) is 0 Å². The Hall–Kier alpha value is -0.810. The van der Waals surface area contributed by atoms with Gasteiger partial charge in [0.1, 0.15) is 0 Å². The summed E-state index contributed by atoms with van der Waals surface area (Å²) in [6.07, 6.45) is 3.78. The van der Waals surface area contributed by atoms with E-state index in [1.807, 2.05) is 0 Å². The summed E-state index contributed by atoms with van der Waals surface area (Å²) in [6, 6.07) is 0.203. The van der Waals surface area contributed by atoms with E-state index in [1.165, 1.54) is 0 Å². The van der Waals surface area contributed by atoms with Gasteiger partial charge in [-0.25, -0.2) is 4.79 Å². The van der Waals surface area contributed by atoms with Gasteiger partial charge in [0, 0.05) is 19.1 Å². The average molecular weight is 227 g/mol. The van der Waals surface area contributed by atoms with Crippen LogP contribution < -0.4 is 11.1 Å². The first-order valence-electron chi connectivity index (χ1n) is 6.11. The minimum atomic E-state index is -0.305. The van der Waals surface area contributed by atoms with Crippen LogP contribution in [0.1, 0.15) is 25.7 Å². The highest BCUT2D eigenvalue weighted by molar-refractivity contribution is 5.72. The van der Waals surface area contributed by atoms with Crippen LogP contribution in [0.3, 0.4) is 0 Å². The lowest BCUT2D eigenvalue weighted by atomic mass is 9.82. The Kier molecular flexibility index (Phi) is 3.66. The molecular formula is C11H21N3O2. The van der Waals surface area contributed by atoms with Crippen LogP contribution in [-0.2, 0) is 0 Å². The van der Waals surface area contributed by atoms with E-state index in [0.717, 1.165) is 45.3 Å². The molecule has 16 heavy (non-hydrogen) atoms. The largest absolute Gasteiger partial charge is 0.393 e. The highest BCUT2D eigenvalue weighted by Gasteiger charge is 2.28. The Bertz CT molecular complexity index is 246. The predicted molar refractivity (Wildman–Crippen MR) is 60.9 cm³/mol. The first-order chi connectivity index (χ1) is 7.65. The molecule has 1 aliphatic heterocycles. The molecule has 0 atom stereocenters. The Morgan fingerprint density at radius 3 is 2.50 bits per heavy atom. The minimum absolute atomic E-state index is 0.0662. The number of urea groups is 1. The average Bonchev–Trinajstić information content (AvgIpc) is 2.23. The molecule has 2 fully saturated rings. The third-order valence-corrected chi connectivity index (χ3v) is 3.71. The van der Waals surface area contributed by atoms with Crippen LogP contribution in [0.25, 0.3) is 0 Å². The second-order valence-electron chi connectivity index (χ2n) is 5.00. The lowest BCUT2D eigenvalue weighted by Gasteiger charge is -2.35. The van der Waals surface area contributed by atoms with Crippen molar-refractivity contribution >= 4 is 6.03 Å². The summed E-state index contributed by atoms with van der Waals surface area (Å²) in [5.41, 5.74) is 5.22. The third kappa shape index (κ3) is 2.86. The van der Waals surface area contributed by atoms with Gasteiger partial charge in [-0.15, -0.1) is 0 Å². The highest BCUT2D eigenvalue weighted by atomic mass is 16.3. The maximum absolute atomic E-state index is 10.9. The SMILES string of the molecule is NC(=O)N1CCC(NCC2CC(O)C2)CC1. The molecule has 1 heterocycles. The number of rotatable bonds is 3. The highest BCUT2D eigenvalue weighted by Crippen LogP contribution is 2.26. The van der Waals surface area contributed by atoms with E-state index >= 15 is 0 Å². The van der Waals surface area contributed by atoms with Gasteiger partial charge in [0.15, 0.2) is 0 Å². The fourth-order valence-corrected chi connectivity index (χ4v) is 2.50. The zero-order valence-electron chi connectivity index (χ0n) is 9.56. The van der Waals surface area contributed by atoms with Crippen molar-refractivity contribution in [1.82, 2.24) is 10.2 Å². The summed E-state index contributed by atoms with van der Waals surface area (Å²) in [7, 11) is 0. The van der Waals surface area contributed by atoms with Crippen LogP contribution >= 0.6 is 0 Å². The van der Waals surface area contributed by atoms with Gasteiger partial charge < -0.3 is 21.1 Å². The number of primary amides is 1. The van der Waals surface area contributed by atoms with Crippen LogP contribution in [0.5, 0.6) is 0 Å². The number of hydrogen-bond acceptors (Lipinski definition) is 3. The zero-order valence-corrected chi connectivity index (χ0v) is 9.56. The van der Waals surface area contributed by atoms with Crippen LogP contribution in [0, 0.1) is 5.92 Å². The van der Waals surface area contributed by atoms with Crippen LogP contribution in [-0.4, -0.2) is 47.8 Å². The number of carbonyl (C=O) groups is 1.